The van der Waals surface area contributed by atoms with Gasteiger partial charge in [-0.1, -0.05) is 0 Å². The molecule has 0 amide bonds. The average molecular weight is 398 g/mol. The molecule has 2 aromatic carbocycles. The zero-order valence-corrected chi connectivity index (χ0v) is 18.6. The molecular formula is C23H33N4S+. The van der Waals surface area contributed by atoms with Crippen LogP contribution < -0.4 is 20.1 Å². The lowest BCUT2D eigenvalue weighted by atomic mass is 10.1. The number of hydrogen-bond acceptors (Lipinski definition) is 4. The third-order valence-corrected chi connectivity index (χ3v) is 6.34. The molecule has 1 heterocycles. The molecule has 0 fully saturated rings. The molecule has 1 aromatic heterocycles. The summed E-state index contributed by atoms with van der Waals surface area (Å²) in [4.78, 5) is 4.34. The van der Waals surface area contributed by atoms with E-state index >= 15 is 0 Å². The number of nitrogens with zero attached hydrogens (tertiary/aromatic N) is 3. The van der Waals surface area contributed by atoms with Gasteiger partial charge in [-0.3, -0.25) is 0 Å². The van der Waals surface area contributed by atoms with Crippen LogP contribution in [0.3, 0.4) is 0 Å². The summed E-state index contributed by atoms with van der Waals surface area (Å²) >= 11 is 1.95. The maximum atomic E-state index is 5.89. The van der Waals surface area contributed by atoms with Gasteiger partial charge in [0.2, 0.25) is 11.0 Å². The Bertz CT molecular complexity index is 884. The van der Waals surface area contributed by atoms with E-state index in [9.17, 15) is 0 Å². The minimum atomic E-state index is 0.265. The van der Waals surface area contributed by atoms with Gasteiger partial charge in [0.15, 0.2) is 0 Å². The summed E-state index contributed by atoms with van der Waals surface area (Å²) in [6.07, 6.45) is 1.13. The predicted octanol–water partition coefficient (Wildman–Crippen LogP) is 3.88. The van der Waals surface area contributed by atoms with Crippen molar-refractivity contribution in [3.63, 3.8) is 0 Å². The summed E-state index contributed by atoms with van der Waals surface area (Å²) in [5, 5.41) is 2.58. The van der Waals surface area contributed by atoms with E-state index in [1.165, 1.54) is 33.2 Å². The van der Waals surface area contributed by atoms with Crippen molar-refractivity contribution in [2.45, 2.75) is 25.9 Å². The summed E-state index contributed by atoms with van der Waals surface area (Å²) in [5.41, 5.74) is 10.9. The molecule has 0 aliphatic heterocycles. The highest BCUT2D eigenvalue weighted by atomic mass is 32.2. The lowest BCUT2D eigenvalue weighted by Gasteiger charge is -2.15. The lowest BCUT2D eigenvalue weighted by molar-refractivity contribution is -0.645. The Morgan fingerprint density at radius 1 is 0.893 bits per heavy atom. The van der Waals surface area contributed by atoms with Gasteiger partial charge >= 0.3 is 0 Å². The van der Waals surface area contributed by atoms with Crippen molar-refractivity contribution in [3.8, 4) is 0 Å². The number of fused-ring (bicyclic) bond motifs is 2. The highest BCUT2D eigenvalue weighted by Crippen LogP contribution is 2.25. The Kier molecular flexibility index (Phi) is 6.68. The number of hydrogen-bond donors (Lipinski definition) is 1. The van der Waals surface area contributed by atoms with Crippen LogP contribution in [0.4, 0.5) is 11.4 Å². The van der Waals surface area contributed by atoms with Gasteiger partial charge in [-0.15, -0.1) is 0 Å². The van der Waals surface area contributed by atoms with E-state index in [-0.39, 0.29) is 6.04 Å². The third-order valence-electron chi connectivity index (χ3n) is 5.00. The minimum absolute atomic E-state index is 0.265. The van der Waals surface area contributed by atoms with E-state index in [4.69, 9.17) is 5.73 Å². The maximum Gasteiger partial charge on any atom is 0.215 e. The topological polar surface area (TPSA) is 36.4 Å². The second kappa shape index (κ2) is 9.01. The van der Waals surface area contributed by atoms with Crippen LogP contribution in [0.1, 0.15) is 13.3 Å². The van der Waals surface area contributed by atoms with Crippen LogP contribution in [0, 0.1) is 0 Å². The van der Waals surface area contributed by atoms with Crippen LogP contribution in [-0.2, 0) is 6.54 Å². The van der Waals surface area contributed by atoms with E-state index in [0.717, 1.165) is 24.5 Å². The number of thioether (sulfide) groups is 1. The standard InChI is InChI=1S/C23H33N4S/c1-17(24)16-28-12-6-11-27-22-14-20(25(2)3)9-7-18(22)13-19-8-10-21(26(4)5)15-23(19)27/h7-10,13-15,17H,6,11-12,16,24H2,1-5H3/q+1. The summed E-state index contributed by atoms with van der Waals surface area (Å²) < 4.78 is 2.50. The Morgan fingerprint density at radius 3 is 1.89 bits per heavy atom. The molecule has 3 aromatic rings. The van der Waals surface area contributed by atoms with Gasteiger partial charge in [0, 0.05) is 80.7 Å². The van der Waals surface area contributed by atoms with Crippen LogP contribution in [0.2, 0.25) is 0 Å². The molecule has 0 spiro atoms. The first-order valence-corrected chi connectivity index (χ1v) is 11.1. The lowest BCUT2D eigenvalue weighted by Crippen LogP contribution is -2.36. The molecule has 3 rings (SSSR count). The van der Waals surface area contributed by atoms with Crippen molar-refractivity contribution in [2.75, 3.05) is 49.5 Å². The van der Waals surface area contributed by atoms with Gasteiger partial charge in [-0.2, -0.15) is 16.3 Å². The first-order chi connectivity index (χ1) is 13.4. The summed E-state index contributed by atoms with van der Waals surface area (Å²) in [7, 11) is 8.39. The van der Waals surface area contributed by atoms with Crippen molar-refractivity contribution >= 4 is 44.9 Å². The minimum Gasteiger partial charge on any atom is -0.377 e. The Labute approximate surface area is 173 Å². The van der Waals surface area contributed by atoms with Gasteiger partial charge in [-0.05, 0) is 43.0 Å². The molecule has 28 heavy (non-hydrogen) atoms. The molecule has 1 unspecified atom stereocenters. The molecule has 5 heteroatoms. The first-order valence-electron chi connectivity index (χ1n) is 9.95. The molecule has 0 aliphatic carbocycles. The third kappa shape index (κ3) is 4.70. The molecule has 1 atom stereocenters. The number of rotatable bonds is 8. The highest BCUT2D eigenvalue weighted by molar-refractivity contribution is 7.99. The summed E-state index contributed by atoms with van der Waals surface area (Å²) in [5.74, 6) is 2.16. The Hall–Kier alpha value is -1.98. The number of nitrogens with two attached hydrogens (primary N) is 1. The molecule has 0 radical (unpaired) electrons. The van der Waals surface area contributed by atoms with Crippen LogP contribution in [-0.4, -0.2) is 45.7 Å². The number of aryl methyl sites for hydroxylation is 1. The van der Waals surface area contributed by atoms with E-state index < -0.39 is 0 Å². The van der Waals surface area contributed by atoms with E-state index in [1.807, 2.05) is 11.8 Å². The average Bonchev–Trinajstić information content (AvgIpc) is 2.65. The van der Waals surface area contributed by atoms with Crippen molar-refractivity contribution in [1.82, 2.24) is 0 Å². The fourth-order valence-corrected chi connectivity index (χ4v) is 4.34. The highest BCUT2D eigenvalue weighted by Gasteiger charge is 2.17. The molecule has 2 N–H and O–H groups in total. The zero-order valence-electron chi connectivity index (χ0n) is 17.8. The van der Waals surface area contributed by atoms with E-state index in [0.29, 0.717) is 0 Å². The molecule has 0 aliphatic rings. The molecular weight excluding hydrogens is 364 g/mol. The smallest absolute Gasteiger partial charge is 0.215 e. The van der Waals surface area contributed by atoms with Crippen LogP contribution in [0.15, 0.2) is 42.5 Å². The van der Waals surface area contributed by atoms with Crippen molar-refractivity contribution < 1.29 is 4.57 Å². The second-order valence-corrected chi connectivity index (χ2v) is 9.13. The second-order valence-electron chi connectivity index (χ2n) is 7.98. The number of pyridine rings is 1. The summed E-state index contributed by atoms with van der Waals surface area (Å²) in [6.45, 7) is 3.08. The summed E-state index contributed by atoms with van der Waals surface area (Å²) in [6, 6.07) is 16.1. The van der Waals surface area contributed by atoms with Crippen LogP contribution in [0.25, 0.3) is 21.8 Å². The monoisotopic (exact) mass is 397 g/mol. The van der Waals surface area contributed by atoms with Gasteiger partial charge in [0.05, 0.1) is 0 Å². The Morgan fingerprint density at radius 2 is 1.43 bits per heavy atom. The van der Waals surface area contributed by atoms with Crippen molar-refractivity contribution in [1.29, 1.82) is 0 Å². The fraction of sp³-hybridized carbons (Fsp3) is 0.435. The van der Waals surface area contributed by atoms with Gasteiger partial charge in [-0.25, -0.2) is 0 Å². The van der Waals surface area contributed by atoms with Crippen LogP contribution in [0.5, 0.6) is 0 Å². The van der Waals surface area contributed by atoms with Crippen molar-refractivity contribution in [3.05, 3.63) is 42.5 Å². The molecule has 0 saturated heterocycles. The molecule has 150 valence electrons. The molecule has 0 bridgehead atoms. The maximum absolute atomic E-state index is 5.89. The number of benzene rings is 2. The zero-order chi connectivity index (χ0) is 20.3. The first kappa shape index (κ1) is 20.7. The van der Waals surface area contributed by atoms with Gasteiger partial charge in [0.1, 0.15) is 6.54 Å². The number of aromatic nitrogens is 1. The van der Waals surface area contributed by atoms with Gasteiger partial charge < -0.3 is 15.5 Å². The molecule has 0 saturated carbocycles. The Balaban J connectivity index is 2.06. The van der Waals surface area contributed by atoms with Crippen LogP contribution >= 0.6 is 11.8 Å². The predicted molar refractivity (Wildman–Crippen MR) is 126 cm³/mol. The van der Waals surface area contributed by atoms with E-state index in [2.05, 4.69) is 91.9 Å². The molecule has 4 nitrogen and oxygen atoms in total. The van der Waals surface area contributed by atoms with Crippen molar-refractivity contribution in [2.24, 2.45) is 5.73 Å². The van der Waals surface area contributed by atoms with E-state index in [1.54, 1.807) is 0 Å². The normalized spacial score (nSPS) is 12.5. The SMILES string of the molecule is CC(N)CSCCC[n+]1c2cc(N(C)C)ccc2cc2ccc(N(C)C)cc21. The van der Waals surface area contributed by atoms with Gasteiger partial charge in [0.25, 0.3) is 0 Å². The quantitative estimate of drug-likeness (QED) is 0.355. The largest absolute Gasteiger partial charge is 0.377 e. The fourth-order valence-electron chi connectivity index (χ4n) is 3.46. The number of anilines is 2.